The minimum Gasteiger partial charge on any atom is -0.380 e. The fourth-order valence-electron chi connectivity index (χ4n) is 1.56. The summed E-state index contributed by atoms with van der Waals surface area (Å²) in [5, 5.41) is 0. The molecule has 0 radical (unpaired) electrons. The van der Waals surface area contributed by atoms with Crippen LogP contribution in [0.5, 0.6) is 0 Å². The Bertz CT molecular complexity index is 275. The number of sulfonamides is 1. The maximum atomic E-state index is 11.8. The molecule has 0 aliphatic carbocycles. The maximum Gasteiger partial charge on any atom is 0.214 e. The van der Waals surface area contributed by atoms with Crippen molar-refractivity contribution in [3.63, 3.8) is 0 Å². The van der Waals surface area contributed by atoms with Gasteiger partial charge >= 0.3 is 0 Å². The second kappa shape index (κ2) is 6.03. The van der Waals surface area contributed by atoms with Crippen molar-refractivity contribution < 1.29 is 13.2 Å². The van der Waals surface area contributed by atoms with E-state index in [1.807, 2.05) is 0 Å². The molecule has 1 saturated heterocycles. The zero-order chi connectivity index (χ0) is 11.3. The normalized spacial score (nSPS) is 22.5. The van der Waals surface area contributed by atoms with E-state index in [0.717, 1.165) is 12.8 Å². The van der Waals surface area contributed by atoms with Crippen LogP contribution in [0.15, 0.2) is 0 Å². The molecule has 0 N–H and O–H groups in total. The Balaban J connectivity index is 2.44. The number of likely N-dealkylation sites (N-methyl/N-ethyl adjacent to an activating group) is 1. The summed E-state index contributed by atoms with van der Waals surface area (Å²) in [5.74, 6) is 0.707. The third-order valence-electron chi connectivity index (χ3n) is 2.64. The smallest absolute Gasteiger partial charge is 0.214 e. The molecule has 0 spiro atoms. The van der Waals surface area contributed by atoms with Crippen molar-refractivity contribution in [2.45, 2.75) is 25.3 Å². The van der Waals surface area contributed by atoms with Crippen LogP contribution in [0.2, 0.25) is 0 Å². The summed E-state index contributed by atoms with van der Waals surface area (Å²) in [6.45, 7) is 1.18. The van der Waals surface area contributed by atoms with Gasteiger partial charge in [-0.2, -0.15) is 4.31 Å². The van der Waals surface area contributed by atoms with E-state index in [2.05, 4.69) is 0 Å². The molecule has 15 heavy (non-hydrogen) atoms. The van der Waals surface area contributed by atoms with Crippen LogP contribution in [-0.2, 0) is 14.8 Å². The fourth-order valence-corrected chi connectivity index (χ4v) is 3.23. The van der Waals surface area contributed by atoms with Crippen molar-refractivity contribution in [2.24, 2.45) is 0 Å². The predicted molar refractivity (Wildman–Crippen MR) is 60.7 cm³/mol. The van der Waals surface area contributed by atoms with Gasteiger partial charge in [0, 0.05) is 19.5 Å². The van der Waals surface area contributed by atoms with Gasteiger partial charge in [-0.25, -0.2) is 8.42 Å². The van der Waals surface area contributed by atoms with Gasteiger partial charge < -0.3 is 4.74 Å². The summed E-state index contributed by atoms with van der Waals surface area (Å²) in [6, 6.07) is 0.0194. The SMILES string of the molecule is CN(C1CCOC1)S(=O)(=O)CCCCCl. The Morgan fingerprint density at radius 2 is 2.20 bits per heavy atom. The molecule has 1 aliphatic rings. The number of unbranched alkanes of at least 4 members (excludes halogenated alkanes) is 1. The van der Waals surface area contributed by atoms with Crippen LogP contribution < -0.4 is 0 Å². The maximum absolute atomic E-state index is 11.8. The Kier molecular flexibility index (Phi) is 5.32. The molecule has 0 aromatic heterocycles. The Labute approximate surface area is 96.6 Å². The molecule has 1 fully saturated rings. The molecule has 0 aromatic carbocycles. The average Bonchev–Trinajstić information content (AvgIpc) is 2.69. The quantitative estimate of drug-likeness (QED) is 0.527. The molecule has 0 saturated carbocycles. The van der Waals surface area contributed by atoms with Crippen molar-refractivity contribution in [3.8, 4) is 0 Å². The molecule has 1 heterocycles. The van der Waals surface area contributed by atoms with E-state index in [-0.39, 0.29) is 11.8 Å². The number of ether oxygens (including phenoxy) is 1. The molecular formula is C9H18ClNO3S. The van der Waals surface area contributed by atoms with Crippen molar-refractivity contribution in [3.05, 3.63) is 0 Å². The van der Waals surface area contributed by atoms with Gasteiger partial charge in [-0.05, 0) is 19.3 Å². The van der Waals surface area contributed by atoms with Gasteiger partial charge in [-0.1, -0.05) is 0 Å². The molecule has 0 aromatic rings. The molecule has 0 bridgehead atoms. The molecule has 1 unspecified atom stereocenters. The van der Waals surface area contributed by atoms with Gasteiger partial charge in [0.15, 0.2) is 0 Å². The lowest BCUT2D eigenvalue weighted by Crippen LogP contribution is -2.38. The summed E-state index contributed by atoms with van der Waals surface area (Å²) in [6.07, 6.45) is 2.17. The van der Waals surface area contributed by atoms with Crippen LogP contribution in [0.1, 0.15) is 19.3 Å². The summed E-state index contributed by atoms with van der Waals surface area (Å²) in [5.41, 5.74) is 0. The largest absolute Gasteiger partial charge is 0.380 e. The predicted octanol–water partition coefficient (Wildman–Crippen LogP) is 1.06. The summed E-state index contributed by atoms with van der Waals surface area (Å²) < 4.78 is 30.3. The Hall–Kier alpha value is 0.160. The summed E-state index contributed by atoms with van der Waals surface area (Å²) >= 11 is 5.51. The van der Waals surface area contributed by atoms with E-state index >= 15 is 0 Å². The standard InChI is InChI=1S/C9H18ClNO3S/c1-11(9-4-6-14-8-9)15(12,13)7-3-2-5-10/h9H,2-8H2,1H3. The number of halogens is 1. The van der Waals surface area contributed by atoms with Crippen molar-refractivity contribution in [2.75, 3.05) is 31.9 Å². The van der Waals surface area contributed by atoms with E-state index < -0.39 is 10.0 Å². The van der Waals surface area contributed by atoms with Gasteiger partial charge in [-0.15, -0.1) is 11.6 Å². The van der Waals surface area contributed by atoms with E-state index in [9.17, 15) is 8.42 Å². The Morgan fingerprint density at radius 1 is 1.47 bits per heavy atom. The van der Waals surface area contributed by atoms with E-state index in [4.69, 9.17) is 16.3 Å². The van der Waals surface area contributed by atoms with Crippen LogP contribution in [0, 0.1) is 0 Å². The first kappa shape index (κ1) is 13.2. The minimum atomic E-state index is -3.12. The zero-order valence-electron chi connectivity index (χ0n) is 8.99. The first-order valence-corrected chi connectivity index (χ1v) is 7.31. The lowest BCUT2D eigenvalue weighted by molar-refractivity contribution is 0.181. The number of hydrogen-bond donors (Lipinski definition) is 0. The molecule has 1 rings (SSSR count). The fraction of sp³-hybridized carbons (Fsp3) is 1.00. The number of alkyl halides is 1. The highest BCUT2D eigenvalue weighted by Crippen LogP contribution is 2.15. The first-order chi connectivity index (χ1) is 7.08. The van der Waals surface area contributed by atoms with Gasteiger partial charge in [0.05, 0.1) is 18.4 Å². The van der Waals surface area contributed by atoms with E-state index in [1.165, 1.54) is 4.31 Å². The van der Waals surface area contributed by atoms with Crippen LogP contribution in [0.3, 0.4) is 0 Å². The molecular weight excluding hydrogens is 238 g/mol. The van der Waals surface area contributed by atoms with Gasteiger partial charge in [0.1, 0.15) is 0 Å². The molecule has 0 amide bonds. The third kappa shape index (κ3) is 3.90. The first-order valence-electron chi connectivity index (χ1n) is 5.17. The highest BCUT2D eigenvalue weighted by Gasteiger charge is 2.28. The second-order valence-electron chi connectivity index (χ2n) is 3.75. The minimum absolute atomic E-state index is 0.0194. The highest BCUT2D eigenvalue weighted by molar-refractivity contribution is 7.89. The second-order valence-corrected chi connectivity index (χ2v) is 6.27. The molecule has 90 valence electrons. The zero-order valence-corrected chi connectivity index (χ0v) is 10.6. The highest BCUT2D eigenvalue weighted by atomic mass is 35.5. The number of nitrogens with zero attached hydrogens (tertiary/aromatic N) is 1. The van der Waals surface area contributed by atoms with Gasteiger partial charge in [0.25, 0.3) is 0 Å². The van der Waals surface area contributed by atoms with E-state index in [0.29, 0.717) is 25.5 Å². The monoisotopic (exact) mass is 255 g/mol. The number of hydrogen-bond acceptors (Lipinski definition) is 3. The van der Waals surface area contributed by atoms with Crippen molar-refractivity contribution >= 4 is 21.6 Å². The van der Waals surface area contributed by atoms with E-state index in [1.54, 1.807) is 7.05 Å². The van der Waals surface area contributed by atoms with Crippen molar-refractivity contribution in [1.29, 1.82) is 0 Å². The van der Waals surface area contributed by atoms with Gasteiger partial charge in [0.2, 0.25) is 10.0 Å². The van der Waals surface area contributed by atoms with Crippen LogP contribution in [0.4, 0.5) is 0 Å². The summed E-state index contributed by atoms with van der Waals surface area (Å²) in [4.78, 5) is 0. The Morgan fingerprint density at radius 3 is 2.73 bits per heavy atom. The molecule has 1 atom stereocenters. The van der Waals surface area contributed by atoms with Crippen LogP contribution >= 0.6 is 11.6 Å². The number of rotatable bonds is 6. The lowest BCUT2D eigenvalue weighted by Gasteiger charge is -2.22. The van der Waals surface area contributed by atoms with Crippen LogP contribution in [-0.4, -0.2) is 50.7 Å². The molecule has 6 heteroatoms. The summed E-state index contributed by atoms with van der Waals surface area (Å²) in [7, 11) is -1.49. The average molecular weight is 256 g/mol. The molecule has 4 nitrogen and oxygen atoms in total. The lowest BCUT2D eigenvalue weighted by atomic mass is 10.3. The van der Waals surface area contributed by atoms with Crippen LogP contribution in [0.25, 0.3) is 0 Å². The third-order valence-corrected chi connectivity index (χ3v) is 4.89. The van der Waals surface area contributed by atoms with Gasteiger partial charge in [-0.3, -0.25) is 0 Å². The van der Waals surface area contributed by atoms with Crippen molar-refractivity contribution in [1.82, 2.24) is 4.31 Å². The topological polar surface area (TPSA) is 46.6 Å². The molecule has 1 aliphatic heterocycles.